The maximum Gasteiger partial charge on any atom is 0.207 e. The molecule has 0 atom stereocenters. The van der Waals surface area contributed by atoms with Gasteiger partial charge in [-0.2, -0.15) is 0 Å². The number of nitrogens with zero attached hydrogens (tertiary/aromatic N) is 3. The van der Waals surface area contributed by atoms with Crippen LogP contribution in [0, 0.1) is 0 Å². The van der Waals surface area contributed by atoms with Crippen molar-refractivity contribution in [2.24, 2.45) is 0 Å². The molecule has 40 heavy (non-hydrogen) atoms. The summed E-state index contributed by atoms with van der Waals surface area (Å²) in [6.07, 6.45) is 0. The van der Waals surface area contributed by atoms with E-state index >= 15 is 0 Å². The number of hydrogen-bond acceptors (Lipinski definition) is 6. The lowest BCUT2D eigenvalue weighted by Crippen LogP contribution is -2.01. The molecule has 0 spiro atoms. The molecule has 8 rings (SSSR count). The van der Waals surface area contributed by atoms with Crippen LogP contribution in [0.1, 0.15) is 0 Å². The molecule has 7 heteroatoms. The van der Waals surface area contributed by atoms with Crippen molar-refractivity contribution in [3.05, 3.63) is 115 Å². The highest BCUT2D eigenvalue weighted by Crippen LogP contribution is 2.47. The minimum absolute atomic E-state index is 0.262. The average Bonchev–Trinajstić information content (AvgIpc) is 3.49. The quantitative estimate of drug-likeness (QED) is 0.231. The van der Waals surface area contributed by atoms with Crippen LogP contribution in [0.25, 0.3) is 67.2 Å². The Hall–Kier alpha value is -5.14. The Labute approximate surface area is 229 Å². The van der Waals surface area contributed by atoms with Crippen molar-refractivity contribution in [1.29, 1.82) is 0 Å². The standard InChI is InChI=1S/C33H19N3O3S/c37-40(38)28-15-7-5-12-24(28)30-25(13-8-16-29(30)40)33-35-31(20-9-2-1-3-10-20)34-32(36-33)21-17-18-23-22-11-4-6-14-26(22)39-27(23)19-21/h1-19H. The van der Waals surface area contributed by atoms with E-state index < -0.39 is 9.84 Å². The number of aromatic nitrogens is 3. The number of rotatable bonds is 3. The molecule has 0 unspecified atom stereocenters. The molecule has 7 aromatic rings. The van der Waals surface area contributed by atoms with Gasteiger partial charge in [-0.25, -0.2) is 23.4 Å². The Balaban J connectivity index is 1.38. The average molecular weight is 538 g/mol. The van der Waals surface area contributed by atoms with Crippen LogP contribution in [0.3, 0.4) is 0 Å². The van der Waals surface area contributed by atoms with Gasteiger partial charge >= 0.3 is 0 Å². The Morgan fingerprint density at radius 3 is 2.02 bits per heavy atom. The summed E-state index contributed by atoms with van der Waals surface area (Å²) >= 11 is 0. The molecule has 2 aromatic heterocycles. The van der Waals surface area contributed by atoms with Gasteiger partial charge in [0.25, 0.3) is 0 Å². The molecule has 3 heterocycles. The first-order valence-electron chi connectivity index (χ1n) is 12.8. The van der Waals surface area contributed by atoms with E-state index in [-0.39, 0.29) is 4.90 Å². The van der Waals surface area contributed by atoms with E-state index in [4.69, 9.17) is 19.4 Å². The van der Waals surface area contributed by atoms with Gasteiger partial charge in [-0.05, 0) is 30.3 Å². The van der Waals surface area contributed by atoms with Gasteiger partial charge in [0.05, 0.1) is 9.79 Å². The van der Waals surface area contributed by atoms with Crippen LogP contribution in [0.2, 0.25) is 0 Å². The van der Waals surface area contributed by atoms with Gasteiger partial charge in [0, 0.05) is 38.6 Å². The zero-order valence-corrected chi connectivity index (χ0v) is 21.8. The van der Waals surface area contributed by atoms with E-state index in [9.17, 15) is 8.42 Å². The maximum absolute atomic E-state index is 13.4. The van der Waals surface area contributed by atoms with E-state index in [1.807, 2.05) is 91.0 Å². The van der Waals surface area contributed by atoms with Gasteiger partial charge in [0.2, 0.25) is 9.84 Å². The molecular formula is C33H19N3O3S. The van der Waals surface area contributed by atoms with Crippen molar-refractivity contribution in [2.75, 3.05) is 0 Å². The normalized spacial score (nSPS) is 13.4. The number of benzene rings is 5. The predicted molar refractivity (Wildman–Crippen MR) is 154 cm³/mol. The molecule has 0 aliphatic carbocycles. The van der Waals surface area contributed by atoms with Crippen molar-refractivity contribution < 1.29 is 12.8 Å². The van der Waals surface area contributed by atoms with Crippen LogP contribution in [0.15, 0.2) is 129 Å². The summed E-state index contributed by atoms with van der Waals surface area (Å²) in [5.41, 5.74) is 5.06. The SMILES string of the molecule is O=S1(=O)c2ccccc2-c2c(-c3nc(-c4ccccc4)nc(-c4ccc5c(c4)oc4ccccc45)n3)cccc21. The summed E-state index contributed by atoms with van der Waals surface area (Å²) < 4.78 is 32.9. The molecule has 1 aliphatic rings. The fourth-order valence-electron chi connectivity index (χ4n) is 5.45. The van der Waals surface area contributed by atoms with Crippen molar-refractivity contribution >= 4 is 31.8 Å². The van der Waals surface area contributed by atoms with E-state index in [2.05, 4.69) is 0 Å². The molecule has 0 radical (unpaired) electrons. The molecule has 0 bridgehead atoms. The van der Waals surface area contributed by atoms with Crippen LogP contribution in [0.4, 0.5) is 0 Å². The maximum atomic E-state index is 13.4. The zero-order chi connectivity index (χ0) is 26.8. The Kier molecular flexibility index (Phi) is 4.81. The highest BCUT2D eigenvalue weighted by molar-refractivity contribution is 7.92. The first kappa shape index (κ1) is 22.8. The highest BCUT2D eigenvalue weighted by Gasteiger charge is 2.35. The van der Waals surface area contributed by atoms with E-state index in [0.717, 1.165) is 33.1 Å². The summed E-state index contributed by atoms with van der Waals surface area (Å²) in [5.74, 6) is 1.37. The van der Waals surface area contributed by atoms with Gasteiger partial charge in [0.1, 0.15) is 11.2 Å². The second kappa shape index (κ2) is 8.43. The van der Waals surface area contributed by atoms with Crippen molar-refractivity contribution in [3.63, 3.8) is 0 Å². The van der Waals surface area contributed by atoms with Crippen LogP contribution in [0.5, 0.6) is 0 Å². The lowest BCUT2D eigenvalue weighted by molar-refractivity contribution is 0.598. The molecule has 0 saturated heterocycles. The summed E-state index contributed by atoms with van der Waals surface area (Å²) in [6, 6.07) is 35.9. The summed E-state index contributed by atoms with van der Waals surface area (Å²) in [7, 11) is -3.64. The van der Waals surface area contributed by atoms with E-state index in [1.54, 1.807) is 24.3 Å². The molecule has 0 N–H and O–H groups in total. The summed E-state index contributed by atoms with van der Waals surface area (Å²) in [4.78, 5) is 15.2. The first-order valence-corrected chi connectivity index (χ1v) is 14.3. The number of hydrogen-bond donors (Lipinski definition) is 0. The number of sulfone groups is 1. The third kappa shape index (κ3) is 3.34. The molecular weight excluding hydrogens is 518 g/mol. The van der Waals surface area contributed by atoms with Gasteiger partial charge in [-0.15, -0.1) is 0 Å². The zero-order valence-electron chi connectivity index (χ0n) is 20.9. The largest absolute Gasteiger partial charge is 0.456 e. The summed E-state index contributed by atoms with van der Waals surface area (Å²) in [6.45, 7) is 0. The second-order valence-corrected chi connectivity index (χ2v) is 11.5. The predicted octanol–water partition coefficient (Wildman–Crippen LogP) is 7.59. The molecule has 1 aliphatic heterocycles. The van der Waals surface area contributed by atoms with Crippen LogP contribution in [-0.4, -0.2) is 23.4 Å². The van der Waals surface area contributed by atoms with E-state index in [1.165, 1.54) is 0 Å². The lowest BCUT2D eigenvalue weighted by atomic mass is 9.99. The highest BCUT2D eigenvalue weighted by atomic mass is 32.2. The molecule has 0 amide bonds. The monoisotopic (exact) mass is 537 g/mol. The third-order valence-electron chi connectivity index (χ3n) is 7.31. The molecule has 0 fully saturated rings. The van der Waals surface area contributed by atoms with Crippen LogP contribution >= 0.6 is 0 Å². The first-order chi connectivity index (χ1) is 19.6. The fourth-order valence-corrected chi connectivity index (χ4v) is 7.15. The molecule has 6 nitrogen and oxygen atoms in total. The van der Waals surface area contributed by atoms with Crippen molar-refractivity contribution in [1.82, 2.24) is 15.0 Å². The second-order valence-electron chi connectivity index (χ2n) is 9.66. The summed E-state index contributed by atoms with van der Waals surface area (Å²) in [5, 5.41) is 2.06. The fraction of sp³-hybridized carbons (Fsp3) is 0. The Bertz CT molecular complexity index is 2240. The van der Waals surface area contributed by atoms with Gasteiger partial charge in [0.15, 0.2) is 17.5 Å². The Morgan fingerprint density at radius 2 is 1.15 bits per heavy atom. The lowest BCUT2D eigenvalue weighted by Gasteiger charge is -2.11. The number of para-hydroxylation sites is 1. The van der Waals surface area contributed by atoms with Crippen molar-refractivity contribution in [2.45, 2.75) is 9.79 Å². The Morgan fingerprint density at radius 1 is 0.500 bits per heavy atom. The minimum atomic E-state index is -3.64. The number of furan rings is 1. The third-order valence-corrected chi connectivity index (χ3v) is 9.16. The van der Waals surface area contributed by atoms with Gasteiger partial charge in [-0.1, -0.05) is 84.9 Å². The van der Waals surface area contributed by atoms with Gasteiger partial charge in [-0.3, -0.25) is 0 Å². The van der Waals surface area contributed by atoms with Gasteiger partial charge < -0.3 is 4.42 Å². The number of fused-ring (bicyclic) bond motifs is 6. The van der Waals surface area contributed by atoms with Crippen LogP contribution < -0.4 is 0 Å². The molecule has 5 aromatic carbocycles. The topological polar surface area (TPSA) is 86.0 Å². The van der Waals surface area contributed by atoms with Crippen molar-refractivity contribution in [3.8, 4) is 45.3 Å². The minimum Gasteiger partial charge on any atom is -0.456 e. The van der Waals surface area contributed by atoms with E-state index in [0.29, 0.717) is 39.1 Å². The smallest absolute Gasteiger partial charge is 0.207 e. The molecule has 0 saturated carbocycles. The van der Waals surface area contributed by atoms with Crippen LogP contribution in [-0.2, 0) is 9.84 Å². The molecule has 190 valence electrons.